The molecule has 0 bridgehead atoms. The van der Waals surface area contributed by atoms with Gasteiger partial charge in [0.1, 0.15) is 5.82 Å². The molecule has 0 aliphatic carbocycles. The minimum atomic E-state index is -0.254. The van der Waals surface area contributed by atoms with E-state index in [-0.39, 0.29) is 11.6 Å². The van der Waals surface area contributed by atoms with E-state index in [1.165, 1.54) is 6.07 Å². The van der Waals surface area contributed by atoms with Crippen molar-refractivity contribution in [2.45, 2.75) is 33.6 Å². The van der Waals surface area contributed by atoms with Gasteiger partial charge < -0.3 is 0 Å². The highest BCUT2D eigenvalue weighted by Gasteiger charge is 2.08. The van der Waals surface area contributed by atoms with E-state index in [9.17, 15) is 9.18 Å². The lowest BCUT2D eigenvalue weighted by Crippen LogP contribution is -2.02. The predicted octanol–water partition coefficient (Wildman–Crippen LogP) is 3.75. The molecule has 0 aliphatic heterocycles. The zero-order valence-electron chi connectivity index (χ0n) is 9.51. The molecule has 1 nitrogen and oxygen atoms in total. The first-order valence-corrected chi connectivity index (χ1v) is 5.30. The smallest absolute Gasteiger partial charge is 0.162 e. The Morgan fingerprint density at radius 3 is 2.60 bits per heavy atom. The Labute approximate surface area is 90.3 Å². The number of aryl methyl sites for hydroxylation is 1. The zero-order chi connectivity index (χ0) is 11.4. The molecule has 0 spiro atoms. The quantitative estimate of drug-likeness (QED) is 0.689. The molecule has 2 heteroatoms. The van der Waals surface area contributed by atoms with Gasteiger partial charge in [0.25, 0.3) is 0 Å². The summed E-state index contributed by atoms with van der Waals surface area (Å²) in [6, 6.07) is 4.54. The van der Waals surface area contributed by atoms with Gasteiger partial charge in [0.15, 0.2) is 5.78 Å². The molecular weight excluding hydrogens is 191 g/mol. The van der Waals surface area contributed by atoms with Crippen molar-refractivity contribution in [3.05, 3.63) is 35.1 Å². The highest BCUT2D eigenvalue weighted by molar-refractivity contribution is 5.96. The van der Waals surface area contributed by atoms with E-state index in [0.29, 0.717) is 23.5 Å². The third kappa shape index (κ3) is 3.46. The summed E-state index contributed by atoms with van der Waals surface area (Å²) in [4.78, 5) is 11.7. The number of ketones is 1. The molecule has 0 heterocycles. The summed E-state index contributed by atoms with van der Waals surface area (Å²) in [5, 5.41) is 0. The van der Waals surface area contributed by atoms with E-state index in [1.807, 2.05) is 0 Å². The number of hydrogen-bond acceptors (Lipinski definition) is 1. The van der Waals surface area contributed by atoms with Crippen molar-refractivity contribution in [1.29, 1.82) is 0 Å². The Bertz CT molecular complexity index is 356. The second-order valence-electron chi connectivity index (χ2n) is 4.32. The minimum Gasteiger partial charge on any atom is -0.294 e. The van der Waals surface area contributed by atoms with Crippen LogP contribution in [-0.2, 0) is 0 Å². The molecule has 0 saturated heterocycles. The van der Waals surface area contributed by atoms with Gasteiger partial charge in [-0.05, 0) is 43.0 Å². The first kappa shape index (κ1) is 11.9. The largest absolute Gasteiger partial charge is 0.294 e. The van der Waals surface area contributed by atoms with Crippen molar-refractivity contribution in [3.63, 3.8) is 0 Å². The number of halogens is 1. The standard InChI is InChI=1S/C13H17FO/c1-9(2)4-7-13(15)11-5-6-12(14)10(3)8-11/h5-6,8-9H,4,7H2,1-3H3. The summed E-state index contributed by atoms with van der Waals surface area (Å²) in [7, 11) is 0. The Morgan fingerprint density at radius 2 is 2.07 bits per heavy atom. The fourth-order valence-electron chi connectivity index (χ4n) is 1.38. The molecule has 1 aromatic carbocycles. The van der Waals surface area contributed by atoms with Crippen molar-refractivity contribution in [3.8, 4) is 0 Å². The van der Waals surface area contributed by atoms with E-state index in [1.54, 1.807) is 19.1 Å². The van der Waals surface area contributed by atoms with Crippen molar-refractivity contribution >= 4 is 5.78 Å². The van der Waals surface area contributed by atoms with Crippen LogP contribution in [0.25, 0.3) is 0 Å². The van der Waals surface area contributed by atoms with E-state index in [0.717, 1.165) is 6.42 Å². The van der Waals surface area contributed by atoms with Crippen molar-refractivity contribution < 1.29 is 9.18 Å². The van der Waals surface area contributed by atoms with Gasteiger partial charge in [0.2, 0.25) is 0 Å². The lowest BCUT2D eigenvalue weighted by molar-refractivity contribution is 0.0975. The first-order chi connectivity index (χ1) is 7.00. The third-order valence-corrected chi connectivity index (χ3v) is 2.43. The summed E-state index contributed by atoms with van der Waals surface area (Å²) in [6.07, 6.45) is 1.43. The number of carbonyl (C=O) groups is 1. The van der Waals surface area contributed by atoms with E-state index < -0.39 is 0 Å². The number of rotatable bonds is 4. The van der Waals surface area contributed by atoms with Crippen molar-refractivity contribution in [1.82, 2.24) is 0 Å². The fourth-order valence-corrected chi connectivity index (χ4v) is 1.38. The average molecular weight is 208 g/mol. The van der Waals surface area contributed by atoms with Crippen molar-refractivity contribution in [2.75, 3.05) is 0 Å². The van der Waals surface area contributed by atoms with Crippen LogP contribution in [0.3, 0.4) is 0 Å². The van der Waals surface area contributed by atoms with Crippen LogP contribution in [-0.4, -0.2) is 5.78 Å². The van der Waals surface area contributed by atoms with Crippen LogP contribution in [0.5, 0.6) is 0 Å². The zero-order valence-corrected chi connectivity index (χ0v) is 9.51. The van der Waals surface area contributed by atoms with Gasteiger partial charge in [0, 0.05) is 12.0 Å². The summed E-state index contributed by atoms with van der Waals surface area (Å²) in [6.45, 7) is 5.85. The molecule has 0 radical (unpaired) electrons. The Balaban J connectivity index is 2.70. The molecule has 1 rings (SSSR count). The topological polar surface area (TPSA) is 17.1 Å². The SMILES string of the molecule is Cc1cc(C(=O)CCC(C)C)ccc1F. The number of carbonyl (C=O) groups excluding carboxylic acids is 1. The Kier molecular flexibility index (Phi) is 4.01. The van der Waals surface area contributed by atoms with Gasteiger partial charge in [-0.25, -0.2) is 4.39 Å². The fraction of sp³-hybridized carbons (Fsp3) is 0.462. The first-order valence-electron chi connectivity index (χ1n) is 5.30. The van der Waals surface area contributed by atoms with Crippen LogP contribution in [0.2, 0.25) is 0 Å². The molecule has 0 saturated carbocycles. The molecule has 15 heavy (non-hydrogen) atoms. The van der Waals surface area contributed by atoms with E-state index >= 15 is 0 Å². The average Bonchev–Trinajstić information content (AvgIpc) is 2.18. The molecule has 1 aromatic rings. The maximum absolute atomic E-state index is 13.0. The molecule has 0 atom stereocenters. The lowest BCUT2D eigenvalue weighted by atomic mass is 10.00. The number of Topliss-reactive ketones (excluding diaryl/α,β-unsaturated/α-hetero) is 1. The van der Waals surface area contributed by atoms with Crippen LogP contribution in [0, 0.1) is 18.7 Å². The van der Waals surface area contributed by atoms with Gasteiger partial charge in [-0.3, -0.25) is 4.79 Å². The highest BCUT2D eigenvalue weighted by Crippen LogP contribution is 2.13. The Morgan fingerprint density at radius 1 is 1.40 bits per heavy atom. The summed E-state index contributed by atoms with van der Waals surface area (Å²) < 4.78 is 13.0. The van der Waals surface area contributed by atoms with Crippen LogP contribution in [0.15, 0.2) is 18.2 Å². The normalized spacial score (nSPS) is 10.7. The van der Waals surface area contributed by atoms with E-state index in [2.05, 4.69) is 13.8 Å². The summed E-state index contributed by atoms with van der Waals surface area (Å²) >= 11 is 0. The molecule has 0 aromatic heterocycles. The van der Waals surface area contributed by atoms with Crippen LogP contribution in [0.4, 0.5) is 4.39 Å². The van der Waals surface area contributed by atoms with Gasteiger partial charge in [-0.1, -0.05) is 13.8 Å². The molecule has 82 valence electrons. The maximum atomic E-state index is 13.0. The molecule has 0 N–H and O–H groups in total. The van der Waals surface area contributed by atoms with Gasteiger partial charge in [0.05, 0.1) is 0 Å². The van der Waals surface area contributed by atoms with Crippen molar-refractivity contribution in [2.24, 2.45) is 5.92 Å². The highest BCUT2D eigenvalue weighted by atomic mass is 19.1. The molecule has 0 unspecified atom stereocenters. The van der Waals surface area contributed by atoms with Gasteiger partial charge in [-0.15, -0.1) is 0 Å². The minimum absolute atomic E-state index is 0.104. The second-order valence-corrected chi connectivity index (χ2v) is 4.32. The molecule has 0 fully saturated rings. The van der Waals surface area contributed by atoms with Gasteiger partial charge >= 0.3 is 0 Å². The van der Waals surface area contributed by atoms with Crippen LogP contribution < -0.4 is 0 Å². The monoisotopic (exact) mass is 208 g/mol. The number of benzene rings is 1. The molecule has 0 amide bonds. The second kappa shape index (κ2) is 5.06. The maximum Gasteiger partial charge on any atom is 0.162 e. The van der Waals surface area contributed by atoms with E-state index in [4.69, 9.17) is 0 Å². The summed E-state index contributed by atoms with van der Waals surface area (Å²) in [5.41, 5.74) is 1.15. The summed E-state index contributed by atoms with van der Waals surface area (Å²) in [5.74, 6) is 0.373. The Hall–Kier alpha value is -1.18. The van der Waals surface area contributed by atoms with Crippen LogP contribution in [0.1, 0.15) is 42.6 Å². The molecule has 0 aliphatic rings. The lowest BCUT2D eigenvalue weighted by Gasteiger charge is -2.05. The predicted molar refractivity (Wildman–Crippen MR) is 59.5 cm³/mol. The molecular formula is C13H17FO. The number of hydrogen-bond donors (Lipinski definition) is 0. The third-order valence-electron chi connectivity index (χ3n) is 2.43. The van der Waals surface area contributed by atoms with Gasteiger partial charge in [-0.2, -0.15) is 0 Å². The van der Waals surface area contributed by atoms with Crippen LogP contribution >= 0.6 is 0 Å².